The summed E-state index contributed by atoms with van der Waals surface area (Å²) in [5.41, 5.74) is 0. The lowest BCUT2D eigenvalue weighted by atomic mass is 10.2. The van der Waals surface area contributed by atoms with Crippen LogP contribution in [0.15, 0.2) is 30.3 Å². The summed E-state index contributed by atoms with van der Waals surface area (Å²) >= 11 is 6.00. The van der Waals surface area contributed by atoms with Crippen LogP contribution in [0, 0.1) is 0 Å². The second-order valence-corrected chi connectivity index (χ2v) is 4.13. The highest BCUT2D eigenvalue weighted by atomic mass is 35.5. The summed E-state index contributed by atoms with van der Waals surface area (Å²) in [6.07, 6.45) is 2.02. The van der Waals surface area contributed by atoms with Gasteiger partial charge in [0.2, 0.25) is 0 Å². The van der Waals surface area contributed by atoms with Crippen molar-refractivity contribution in [3.8, 4) is 5.75 Å². The number of rotatable bonds is 2. The fraction of sp³-hybridized carbons (Fsp3) is 0.455. The highest BCUT2D eigenvalue weighted by molar-refractivity contribution is 6.20. The summed E-state index contributed by atoms with van der Waals surface area (Å²) in [6.45, 7) is 1.84. The van der Waals surface area contributed by atoms with Crippen LogP contribution in [-0.4, -0.2) is 23.5 Å². The lowest BCUT2D eigenvalue weighted by Crippen LogP contribution is -2.36. The molecule has 0 aromatic heterocycles. The van der Waals surface area contributed by atoms with Gasteiger partial charge in [-0.05, 0) is 25.0 Å². The van der Waals surface area contributed by atoms with Gasteiger partial charge in [0.25, 0.3) is 0 Å². The van der Waals surface area contributed by atoms with Gasteiger partial charge in [0, 0.05) is 18.5 Å². The normalized spacial score (nSPS) is 19.5. The van der Waals surface area contributed by atoms with Crippen LogP contribution in [0.25, 0.3) is 0 Å². The molecule has 0 aliphatic carbocycles. The highest BCUT2D eigenvalue weighted by Crippen LogP contribution is 2.18. The smallest absolute Gasteiger partial charge is 0.147 e. The molecular weight excluding hydrogens is 198 g/mol. The van der Waals surface area contributed by atoms with E-state index >= 15 is 0 Å². The molecule has 1 fully saturated rings. The first kappa shape index (κ1) is 9.81. The first-order valence-corrected chi connectivity index (χ1v) is 5.40. The molecule has 2 nitrogen and oxygen atoms in total. The molecule has 1 aliphatic rings. The molecule has 1 heterocycles. The number of piperidine rings is 1. The zero-order valence-electron chi connectivity index (χ0n) is 8.03. The number of halogens is 1. The summed E-state index contributed by atoms with van der Waals surface area (Å²) < 4.78 is 0. The second-order valence-electron chi connectivity index (χ2n) is 3.51. The van der Waals surface area contributed by atoms with Gasteiger partial charge in [0.1, 0.15) is 5.75 Å². The molecule has 14 heavy (non-hydrogen) atoms. The Morgan fingerprint density at radius 2 is 1.79 bits per heavy atom. The van der Waals surface area contributed by atoms with Gasteiger partial charge in [-0.2, -0.15) is 0 Å². The molecule has 0 N–H and O–H groups in total. The first-order valence-electron chi connectivity index (χ1n) is 4.96. The highest BCUT2D eigenvalue weighted by Gasteiger charge is 2.17. The van der Waals surface area contributed by atoms with Gasteiger partial charge in [0.15, 0.2) is 0 Å². The molecule has 1 aromatic carbocycles. The molecule has 3 heteroatoms. The minimum atomic E-state index is 0.325. The molecule has 0 spiro atoms. The second kappa shape index (κ2) is 4.67. The summed E-state index contributed by atoms with van der Waals surface area (Å²) in [7, 11) is 0. The van der Waals surface area contributed by atoms with E-state index in [9.17, 15) is 0 Å². The number of benzene rings is 1. The van der Waals surface area contributed by atoms with Gasteiger partial charge in [-0.25, -0.2) is 0 Å². The summed E-state index contributed by atoms with van der Waals surface area (Å²) in [5.74, 6) is 0.903. The van der Waals surface area contributed by atoms with Crippen molar-refractivity contribution in [2.24, 2.45) is 0 Å². The van der Waals surface area contributed by atoms with Crippen molar-refractivity contribution >= 4 is 11.6 Å². The van der Waals surface area contributed by atoms with Gasteiger partial charge in [-0.1, -0.05) is 18.2 Å². The number of hydrogen-bond donors (Lipinski definition) is 0. The quantitative estimate of drug-likeness (QED) is 0.698. The Hall–Kier alpha value is -0.730. The molecule has 0 unspecified atom stereocenters. The summed E-state index contributed by atoms with van der Waals surface area (Å²) in [4.78, 5) is 5.68. The molecule has 2 rings (SSSR count). The largest absolute Gasteiger partial charge is 0.406 e. The van der Waals surface area contributed by atoms with Crippen LogP contribution in [0.5, 0.6) is 5.75 Å². The third-order valence-electron chi connectivity index (χ3n) is 2.36. The Morgan fingerprint density at radius 3 is 2.43 bits per heavy atom. The predicted molar refractivity (Wildman–Crippen MR) is 57.5 cm³/mol. The van der Waals surface area contributed by atoms with E-state index in [0.717, 1.165) is 31.7 Å². The van der Waals surface area contributed by atoms with E-state index in [1.165, 1.54) is 0 Å². The Kier molecular flexibility index (Phi) is 3.27. The van der Waals surface area contributed by atoms with Crippen LogP contribution in [0.1, 0.15) is 12.8 Å². The first-order chi connectivity index (χ1) is 6.84. The number of para-hydroxylation sites is 1. The number of hydrogen-bond acceptors (Lipinski definition) is 2. The molecule has 1 aliphatic heterocycles. The van der Waals surface area contributed by atoms with Crippen molar-refractivity contribution in [2.75, 3.05) is 13.1 Å². The van der Waals surface area contributed by atoms with Gasteiger partial charge < -0.3 is 4.84 Å². The van der Waals surface area contributed by atoms with E-state index < -0.39 is 0 Å². The van der Waals surface area contributed by atoms with Crippen molar-refractivity contribution in [3.63, 3.8) is 0 Å². The zero-order valence-corrected chi connectivity index (χ0v) is 8.78. The maximum atomic E-state index is 6.00. The van der Waals surface area contributed by atoms with Crippen molar-refractivity contribution in [1.82, 2.24) is 5.06 Å². The average Bonchev–Trinajstić information content (AvgIpc) is 2.23. The van der Waals surface area contributed by atoms with Crippen LogP contribution >= 0.6 is 11.6 Å². The van der Waals surface area contributed by atoms with E-state index in [-0.39, 0.29) is 0 Å². The molecule has 0 radical (unpaired) electrons. The topological polar surface area (TPSA) is 12.5 Å². The lowest BCUT2D eigenvalue weighted by molar-refractivity contribution is -0.0712. The van der Waals surface area contributed by atoms with E-state index in [1.54, 1.807) is 0 Å². The SMILES string of the molecule is ClC1CCN(Oc2ccccc2)CC1. The Bertz CT molecular complexity index is 270. The van der Waals surface area contributed by atoms with E-state index in [0.29, 0.717) is 5.38 Å². The number of alkyl halides is 1. The van der Waals surface area contributed by atoms with Crippen LogP contribution < -0.4 is 4.84 Å². The third kappa shape index (κ3) is 2.63. The van der Waals surface area contributed by atoms with Crippen molar-refractivity contribution in [1.29, 1.82) is 0 Å². The van der Waals surface area contributed by atoms with Crippen molar-refractivity contribution < 1.29 is 4.84 Å². The molecule has 1 saturated heterocycles. The maximum absolute atomic E-state index is 6.00. The average molecular weight is 212 g/mol. The molecule has 1 aromatic rings. The Labute approximate surface area is 89.4 Å². The fourth-order valence-electron chi connectivity index (χ4n) is 1.55. The minimum Gasteiger partial charge on any atom is -0.406 e. The summed E-state index contributed by atoms with van der Waals surface area (Å²) in [6, 6.07) is 9.87. The van der Waals surface area contributed by atoms with E-state index in [1.807, 2.05) is 35.4 Å². The number of nitrogens with zero attached hydrogens (tertiary/aromatic N) is 1. The van der Waals surface area contributed by atoms with E-state index in [2.05, 4.69) is 0 Å². The monoisotopic (exact) mass is 211 g/mol. The van der Waals surface area contributed by atoms with Gasteiger partial charge in [-0.3, -0.25) is 0 Å². The summed E-state index contributed by atoms with van der Waals surface area (Å²) in [5, 5.41) is 2.31. The van der Waals surface area contributed by atoms with Crippen molar-refractivity contribution in [3.05, 3.63) is 30.3 Å². The van der Waals surface area contributed by atoms with Gasteiger partial charge >= 0.3 is 0 Å². The fourth-order valence-corrected chi connectivity index (χ4v) is 1.74. The van der Waals surface area contributed by atoms with Crippen LogP contribution in [-0.2, 0) is 0 Å². The van der Waals surface area contributed by atoms with Crippen molar-refractivity contribution in [2.45, 2.75) is 18.2 Å². The van der Waals surface area contributed by atoms with Crippen LogP contribution in [0.2, 0.25) is 0 Å². The molecule has 0 saturated carbocycles. The molecule has 76 valence electrons. The van der Waals surface area contributed by atoms with Crippen LogP contribution in [0.3, 0.4) is 0 Å². The Morgan fingerprint density at radius 1 is 1.14 bits per heavy atom. The lowest BCUT2D eigenvalue weighted by Gasteiger charge is -2.28. The molecule has 0 bridgehead atoms. The molecule has 0 amide bonds. The van der Waals surface area contributed by atoms with Crippen LogP contribution in [0.4, 0.5) is 0 Å². The maximum Gasteiger partial charge on any atom is 0.147 e. The third-order valence-corrected chi connectivity index (χ3v) is 2.80. The standard InChI is InChI=1S/C11H14ClNO/c12-10-6-8-13(9-7-10)14-11-4-2-1-3-5-11/h1-5,10H,6-9H2. The minimum absolute atomic E-state index is 0.325. The number of hydroxylamine groups is 2. The van der Waals surface area contributed by atoms with Gasteiger partial charge in [0.05, 0.1) is 0 Å². The van der Waals surface area contributed by atoms with Gasteiger partial charge in [-0.15, -0.1) is 16.7 Å². The predicted octanol–water partition coefficient (Wildman–Crippen LogP) is 2.68. The molecule has 0 atom stereocenters. The molecular formula is C11H14ClNO. The zero-order chi connectivity index (χ0) is 9.80. The van der Waals surface area contributed by atoms with E-state index in [4.69, 9.17) is 16.4 Å². The Balaban J connectivity index is 1.87.